The molecule has 1 nitrogen and oxygen atoms in total. The fourth-order valence-electron chi connectivity index (χ4n) is 2.73. The Kier molecular flexibility index (Phi) is 3.80. The van der Waals surface area contributed by atoms with Gasteiger partial charge in [0.2, 0.25) is 0 Å². The van der Waals surface area contributed by atoms with Gasteiger partial charge in [-0.15, -0.1) is 0 Å². The van der Waals surface area contributed by atoms with E-state index in [9.17, 15) is 13.9 Å². The van der Waals surface area contributed by atoms with Crippen LogP contribution in [0.4, 0.5) is 8.78 Å². The smallest absolute Gasteiger partial charge is 0.133 e. The molecular weight excluding hydrogens is 282 g/mol. The summed E-state index contributed by atoms with van der Waals surface area (Å²) in [4.78, 5) is 0. The van der Waals surface area contributed by atoms with Crippen LogP contribution in [-0.4, -0.2) is 11.3 Å². The Morgan fingerprint density at radius 2 is 1.68 bits per heavy atom. The molecule has 0 spiro atoms. The Morgan fingerprint density at radius 1 is 1.00 bits per heavy atom. The van der Waals surface area contributed by atoms with Crippen molar-refractivity contribution in [2.45, 2.75) is 19.5 Å². The summed E-state index contributed by atoms with van der Waals surface area (Å²) < 4.78 is 27.1. The van der Waals surface area contributed by atoms with Crippen LogP contribution in [0.1, 0.15) is 17.5 Å². The van der Waals surface area contributed by atoms with Gasteiger partial charge in [0.1, 0.15) is 12.0 Å². The largest absolute Gasteiger partial charge is 0.512 e. The third kappa shape index (κ3) is 2.80. The minimum Gasteiger partial charge on any atom is -0.512 e. The molecule has 2 aromatic carbocycles. The summed E-state index contributed by atoms with van der Waals surface area (Å²) in [5, 5.41) is 9.36. The van der Waals surface area contributed by atoms with Crippen LogP contribution >= 0.6 is 0 Å². The molecule has 0 radical (unpaired) electrons. The van der Waals surface area contributed by atoms with Crippen LogP contribution < -0.4 is 0 Å². The molecule has 112 valence electrons. The van der Waals surface area contributed by atoms with Crippen molar-refractivity contribution >= 4 is 5.57 Å². The Balaban J connectivity index is 1.98. The number of allylic oxidation sites excluding steroid dienone is 4. The van der Waals surface area contributed by atoms with Crippen LogP contribution in [0.15, 0.2) is 60.4 Å². The monoisotopic (exact) mass is 298 g/mol. The molecule has 1 atom stereocenters. The summed E-state index contributed by atoms with van der Waals surface area (Å²) in [6, 6.07) is 12.0. The van der Waals surface area contributed by atoms with Gasteiger partial charge in [0, 0.05) is 6.42 Å². The van der Waals surface area contributed by atoms with Crippen LogP contribution in [-0.2, 0) is 0 Å². The fraction of sp³-hybridized carbons (Fsp3) is 0.158. The molecule has 0 saturated heterocycles. The lowest BCUT2D eigenvalue weighted by molar-refractivity contribution is 0.322. The van der Waals surface area contributed by atoms with Crippen molar-refractivity contribution in [2.24, 2.45) is 0 Å². The summed E-state index contributed by atoms with van der Waals surface area (Å²) in [7, 11) is 0. The molecular formula is C19H16F2O. The van der Waals surface area contributed by atoms with Crippen molar-refractivity contribution in [1.29, 1.82) is 0 Å². The van der Waals surface area contributed by atoms with E-state index in [1.165, 1.54) is 18.2 Å². The maximum atomic E-state index is 14.1. The molecule has 0 aromatic heterocycles. The number of benzene rings is 2. The highest BCUT2D eigenvalue weighted by Gasteiger charge is 2.20. The zero-order valence-electron chi connectivity index (χ0n) is 12.2. The molecule has 1 aliphatic rings. The number of halogens is 2. The van der Waals surface area contributed by atoms with Crippen molar-refractivity contribution < 1.29 is 13.9 Å². The quantitative estimate of drug-likeness (QED) is 0.790. The van der Waals surface area contributed by atoms with Gasteiger partial charge in [-0.2, -0.15) is 0 Å². The standard InChI is InChI=1S/C19H16F2O/c1-12-10-14(18-9-7-16(22)11-19(18)21)4-8-17(12)13-2-5-15(20)6-3-13/h2-10,19,22H,11H2,1H3. The Morgan fingerprint density at radius 3 is 2.32 bits per heavy atom. The lowest BCUT2D eigenvalue weighted by atomic mass is 9.91. The Bertz CT molecular complexity index is 758. The van der Waals surface area contributed by atoms with E-state index in [2.05, 4.69) is 0 Å². The average Bonchev–Trinajstić information content (AvgIpc) is 2.48. The first-order valence-corrected chi connectivity index (χ1v) is 7.15. The summed E-state index contributed by atoms with van der Waals surface area (Å²) >= 11 is 0. The summed E-state index contributed by atoms with van der Waals surface area (Å²) in [5.74, 6) is -0.201. The second-order valence-corrected chi connectivity index (χ2v) is 5.49. The van der Waals surface area contributed by atoms with Gasteiger partial charge >= 0.3 is 0 Å². The predicted octanol–water partition coefficient (Wildman–Crippen LogP) is 5.37. The number of rotatable bonds is 2. The zero-order valence-corrected chi connectivity index (χ0v) is 12.2. The van der Waals surface area contributed by atoms with Gasteiger partial charge < -0.3 is 5.11 Å². The number of aryl methyl sites for hydroxylation is 1. The van der Waals surface area contributed by atoms with E-state index in [0.29, 0.717) is 5.57 Å². The summed E-state index contributed by atoms with van der Waals surface area (Å²) in [6.07, 6.45) is 1.98. The minimum absolute atomic E-state index is 0.0184. The van der Waals surface area contributed by atoms with E-state index in [4.69, 9.17) is 0 Å². The molecule has 0 aliphatic heterocycles. The number of hydrogen-bond donors (Lipinski definition) is 1. The Hall–Kier alpha value is -2.42. The van der Waals surface area contributed by atoms with Crippen molar-refractivity contribution in [3.8, 4) is 11.1 Å². The van der Waals surface area contributed by atoms with Crippen LogP contribution in [0.2, 0.25) is 0 Å². The second kappa shape index (κ2) is 5.76. The average molecular weight is 298 g/mol. The lowest BCUT2D eigenvalue weighted by Gasteiger charge is -2.18. The van der Waals surface area contributed by atoms with Gasteiger partial charge in [0.05, 0.1) is 5.76 Å². The van der Waals surface area contributed by atoms with Crippen molar-refractivity contribution in [3.63, 3.8) is 0 Å². The van der Waals surface area contributed by atoms with E-state index < -0.39 is 6.17 Å². The van der Waals surface area contributed by atoms with Crippen LogP contribution in [0.25, 0.3) is 16.7 Å². The van der Waals surface area contributed by atoms with Crippen LogP contribution in [0, 0.1) is 12.7 Å². The lowest BCUT2D eigenvalue weighted by Crippen LogP contribution is -2.09. The molecule has 2 aromatic rings. The van der Waals surface area contributed by atoms with E-state index in [1.54, 1.807) is 18.2 Å². The van der Waals surface area contributed by atoms with E-state index >= 15 is 0 Å². The molecule has 0 heterocycles. The number of aliphatic hydroxyl groups excluding tert-OH is 1. The van der Waals surface area contributed by atoms with Gasteiger partial charge in [-0.1, -0.05) is 36.4 Å². The molecule has 1 aliphatic carbocycles. The highest BCUT2D eigenvalue weighted by atomic mass is 19.1. The molecule has 0 saturated carbocycles. The molecule has 0 bridgehead atoms. The van der Waals surface area contributed by atoms with Gasteiger partial charge in [-0.05, 0) is 53.0 Å². The molecule has 3 heteroatoms. The van der Waals surface area contributed by atoms with E-state index in [0.717, 1.165) is 22.3 Å². The van der Waals surface area contributed by atoms with Crippen LogP contribution in [0.3, 0.4) is 0 Å². The number of alkyl halides is 1. The van der Waals surface area contributed by atoms with Crippen molar-refractivity contribution in [1.82, 2.24) is 0 Å². The summed E-state index contributed by atoms with van der Waals surface area (Å²) in [5.41, 5.74) is 4.30. The van der Waals surface area contributed by atoms with Crippen LogP contribution in [0.5, 0.6) is 0 Å². The highest BCUT2D eigenvalue weighted by Crippen LogP contribution is 2.32. The third-order valence-electron chi connectivity index (χ3n) is 3.90. The first-order valence-electron chi connectivity index (χ1n) is 7.15. The third-order valence-corrected chi connectivity index (χ3v) is 3.90. The molecule has 1 N–H and O–H groups in total. The molecule has 22 heavy (non-hydrogen) atoms. The predicted molar refractivity (Wildman–Crippen MR) is 84.8 cm³/mol. The minimum atomic E-state index is -1.19. The molecule has 1 unspecified atom stereocenters. The van der Waals surface area contributed by atoms with E-state index in [1.807, 2.05) is 25.1 Å². The first-order chi connectivity index (χ1) is 10.5. The second-order valence-electron chi connectivity index (χ2n) is 5.49. The van der Waals surface area contributed by atoms with Gasteiger partial charge in [-0.25, -0.2) is 8.78 Å². The topological polar surface area (TPSA) is 20.2 Å². The molecule has 3 rings (SSSR count). The zero-order chi connectivity index (χ0) is 15.7. The molecule has 0 amide bonds. The maximum Gasteiger partial charge on any atom is 0.133 e. The maximum absolute atomic E-state index is 14.1. The number of aliphatic hydroxyl groups is 1. The number of hydrogen-bond acceptors (Lipinski definition) is 1. The normalized spacial score (nSPS) is 17.9. The first kappa shape index (κ1) is 14.5. The SMILES string of the molecule is Cc1cc(C2=CC=C(O)CC2F)ccc1-c1ccc(F)cc1. The fourth-order valence-corrected chi connectivity index (χ4v) is 2.73. The summed E-state index contributed by atoms with van der Waals surface area (Å²) in [6.45, 7) is 1.95. The van der Waals surface area contributed by atoms with Crippen molar-refractivity contribution in [3.05, 3.63) is 77.3 Å². The van der Waals surface area contributed by atoms with Gasteiger partial charge in [0.15, 0.2) is 0 Å². The van der Waals surface area contributed by atoms with Gasteiger partial charge in [-0.3, -0.25) is 0 Å². The van der Waals surface area contributed by atoms with Gasteiger partial charge in [0.25, 0.3) is 0 Å². The van der Waals surface area contributed by atoms with E-state index in [-0.39, 0.29) is 18.0 Å². The highest BCUT2D eigenvalue weighted by molar-refractivity contribution is 5.76. The van der Waals surface area contributed by atoms with Crippen molar-refractivity contribution in [2.75, 3.05) is 0 Å². The Labute approximate surface area is 128 Å². The molecule has 0 fully saturated rings.